The molecule has 1 aromatic heterocycles. The topological polar surface area (TPSA) is 51.2 Å². The Kier molecular flexibility index (Phi) is 8.52. The average molecular weight is 515 g/mol. The van der Waals surface area contributed by atoms with Crippen molar-refractivity contribution in [1.82, 2.24) is 10.3 Å². The molecule has 0 radical (unpaired) electrons. The van der Waals surface area contributed by atoms with E-state index in [1.54, 1.807) is 11.3 Å². The molecule has 2 unspecified atom stereocenters. The Morgan fingerprint density at radius 3 is 2.46 bits per heavy atom. The summed E-state index contributed by atoms with van der Waals surface area (Å²) in [6, 6.07) is 20.7. The maximum Gasteiger partial charge on any atom is 0.316 e. The number of aromatic nitrogens is 1. The summed E-state index contributed by atoms with van der Waals surface area (Å²) in [4.78, 5) is 18.6. The quantitative estimate of drug-likeness (QED) is 0.133. The van der Waals surface area contributed by atoms with Gasteiger partial charge in [-0.3, -0.25) is 4.79 Å². The molecular formula is C32H38N2O2S. The first kappa shape index (κ1) is 25.9. The van der Waals surface area contributed by atoms with E-state index in [2.05, 4.69) is 41.5 Å². The van der Waals surface area contributed by atoms with Crippen LogP contribution in [-0.2, 0) is 21.5 Å². The molecule has 3 aromatic rings. The van der Waals surface area contributed by atoms with Crippen molar-refractivity contribution in [2.45, 2.75) is 69.4 Å². The van der Waals surface area contributed by atoms with E-state index in [1.165, 1.54) is 12.8 Å². The smallest absolute Gasteiger partial charge is 0.316 e. The third-order valence-corrected chi connectivity index (χ3v) is 9.24. The second-order valence-corrected chi connectivity index (χ2v) is 11.4. The minimum atomic E-state index is -0.499. The fourth-order valence-corrected chi connectivity index (χ4v) is 6.87. The minimum absolute atomic E-state index is 0.0121. The highest BCUT2D eigenvalue weighted by molar-refractivity contribution is 7.13. The predicted molar refractivity (Wildman–Crippen MR) is 151 cm³/mol. The van der Waals surface area contributed by atoms with Gasteiger partial charge in [0.2, 0.25) is 0 Å². The standard InChI is InChI=1S/C32H38N2O2S/c1-2-24-21-29(36-31(35)32(18-11-3-4-12-19-32)26-15-9-6-10-16-26)28(24)17-20-33-22-27-23-37-30(34-27)25-13-7-5-8-14-25/h2,5-10,13-16,23-24,28-29,33H,1,3-4,11-12,17-22H2/t24?,28?,29-/m0/s1. The molecule has 1 heterocycles. The van der Waals surface area contributed by atoms with Crippen LogP contribution in [0.2, 0.25) is 0 Å². The molecule has 3 atom stereocenters. The van der Waals surface area contributed by atoms with Crippen LogP contribution in [-0.4, -0.2) is 23.6 Å². The highest BCUT2D eigenvalue weighted by Crippen LogP contribution is 2.44. The molecule has 1 N–H and O–H groups in total. The molecule has 37 heavy (non-hydrogen) atoms. The Labute approximate surface area is 225 Å². The summed E-state index contributed by atoms with van der Waals surface area (Å²) >= 11 is 1.68. The molecule has 0 saturated heterocycles. The van der Waals surface area contributed by atoms with Crippen LogP contribution in [0.25, 0.3) is 10.6 Å². The van der Waals surface area contributed by atoms with Crippen LogP contribution < -0.4 is 5.32 Å². The van der Waals surface area contributed by atoms with Gasteiger partial charge >= 0.3 is 5.97 Å². The second-order valence-electron chi connectivity index (χ2n) is 10.6. The second kappa shape index (κ2) is 12.2. The number of carbonyl (C=O) groups excluding carboxylic acids is 1. The highest BCUT2D eigenvalue weighted by Gasteiger charge is 2.47. The Morgan fingerprint density at radius 2 is 1.76 bits per heavy atom. The van der Waals surface area contributed by atoms with Gasteiger partial charge in [-0.2, -0.15) is 0 Å². The van der Waals surface area contributed by atoms with Crippen LogP contribution >= 0.6 is 11.3 Å². The Balaban J connectivity index is 1.17. The lowest BCUT2D eigenvalue weighted by Crippen LogP contribution is -2.48. The molecule has 0 spiro atoms. The Bertz CT molecular complexity index is 1150. The maximum absolute atomic E-state index is 13.8. The van der Waals surface area contributed by atoms with Crippen molar-refractivity contribution in [3.05, 3.63) is 90.0 Å². The van der Waals surface area contributed by atoms with Crippen LogP contribution in [0.1, 0.15) is 62.6 Å². The number of ether oxygens (including phenoxy) is 1. The largest absolute Gasteiger partial charge is 0.461 e. The van der Waals surface area contributed by atoms with E-state index in [0.717, 1.165) is 73.4 Å². The number of nitrogens with zero attached hydrogens (tertiary/aromatic N) is 1. The van der Waals surface area contributed by atoms with Gasteiger partial charge < -0.3 is 10.1 Å². The van der Waals surface area contributed by atoms with Crippen molar-refractivity contribution in [2.24, 2.45) is 11.8 Å². The zero-order chi connectivity index (χ0) is 25.5. The van der Waals surface area contributed by atoms with E-state index >= 15 is 0 Å². The zero-order valence-corrected chi connectivity index (χ0v) is 22.4. The molecule has 5 heteroatoms. The number of rotatable bonds is 10. The van der Waals surface area contributed by atoms with Crippen LogP contribution in [0.5, 0.6) is 0 Å². The van der Waals surface area contributed by atoms with Crippen molar-refractivity contribution in [3.63, 3.8) is 0 Å². The highest BCUT2D eigenvalue weighted by atomic mass is 32.1. The Morgan fingerprint density at radius 1 is 1.05 bits per heavy atom. The predicted octanol–water partition coefficient (Wildman–Crippen LogP) is 7.32. The first-order valence-electron chi connectivity index (χ1n) is 13.8. The summed E-state index contributed by atoms with van der Waals surface area (Å²) in [6.45, 7) is 5.66. The van der Waals surface area contributed by atoms with Gasteiger partial charge in [-0.25, -0.2) is 4.98 Å². The monoisotopic (exact) mass is 514 g/mol. The van der Waals surface area contributed by atoms with Crippen molar-refractivity contribution in [1.29, 1.82) is 0 Å². The lowest BCUT2D eigenvalue weighted by Gasteiger charge is -2.44. The maximum atomic E-state index is 13.8. The third kappa shape index (κ3) is 5.89. The van der Waals surface area contributed by atoms with Crippen molar-refractivity contribution in [3.8, 4) is 10.6 Å². The van der Waals surface area contributed by atoms with Crippen molar-refractivity contribution >= 4 is 17.3 Å². The molecule has 2 aliphatic carbocycles. The van der Waals surface area contributed by atoms with Crippen molar-refractivity contribution < 1.29 is 9.53 Å². The van der Waals surface area contributed by atoms with E-state index in [1.807, 2.05) is 42.5 Å². The van der Waals surface area contributed by atoms with E-state index in [9.17, 15) is 4.79 Å². The summed E-state index contributed by atoms with van der Waals surface area (Å²) < 4.78 is 6.33. The van der Waals surface area contributed by atoms with Gasteiger partial charge in [0.1, 0.15) is 11.1 Å². The van der Waals surface area contributed by atoms with Gasteiger partial charge in [0.05, 0.1) is 11.1 Å². The average Bonchev–Trinajstić information content (AvgIpc) is 3.26. The van der Waals surface area contributed by atoms with Crippen LogP contribution in [0.3, 0.4) is 0 Å². The van der Waals surface area contributed by atoms with E-state index in [-0.39, 0.29) is 12.1 Å². The number of benzene rings is 2. The number of carbonyl (C=O) groups is 1. The molecule has 0 amide bonds. The normalized spacial score (nSPS) is 23.0. The lowest BCUT2D eigenvalue weighted by atomic mass is 9.68. The molecule has 2 fully saturated rings. The molecule has 194 valence electrons. The number of hydrogen-bond donors (Lipinski definition) is 1. The van der Waals surface area contributed by atoms with Crippen LogP contribution in [0, 0.1) is 11.8 Å². The summed E-state index contributed by atoms with van der Waals surface area (Å²) in [6.07, 6.45) is 10.2. The molecule has 0 aliphatic heterocycles. The number of allylic oxidation sites excluding steroid dienone is 1. The van der Waals surface area contributed by atoms with Gasteiger partial charge in [-0.15, -0.1) is 17.9 Å². The SMILES string of the molecule is C=CC1C[C@H](OC(=O)C2(c3ccccc3)CCCCCC2)C1CCNCc1csc(-c2ccccc2)n1. The molecule has 2 aliphatic rings. The van der Waals surface area contributed by atoms with Gasteiger partial charge in [0, 0.05) is 23.4 Å². The van der Waals surface area contributed by atoms with Crippen molar-refractivity contribution in [2.75, 3.05) is 6.54 Å². The Hall–Kier alpha value is -2.76. The number of esters is 1. The van der Waals surface area contributed by atoms with E-state index in [4.69, 9.17) is 9.72 Å². The van der Waals surface area contributed by atoms with Gasteiger partial charge in [-0.1, -0.05) is 92.4 Å². The molecule has 0 bridgehead atoms. The van der Waals surface area contributed by atoms with Gasteiger partial charge in [-0.05, 0) is 43.7 Å². The summed E-state index contributed by atoms with van der Waals surface area (Å²) in [5.74, 6) is 0.718. The summed E-state index contributed by atoms with van der Waals surface area (Å²) in [5.41, 5.74) is 2.85. The van der Waals surface area contributed by atoms with Crippen LogP contribution in [0.15, 0.2) is 78.7 Å². The first-order chi connectivity index (χ1) is 18.2. The molecule has 2 aromatic carbocycles. The fraction of sp³-hybridized carbons (Fsp3) is 0.438. The summed E-state index contributed by atoms with van der Waals surface area (Å²) in [5, 5.41) is 6.75. The number of hydrogen-bond acceptors (Lipinski definition) is 5. The molecule has 2 saturated carbocycles. The molecule has 5 rings (SSSR count). The molecular weight excluding hydrogens is 476 g/mol. The fourth-order valence-electron chi connectivity index (χ4n) is 6.04. The van der Waals surface area contributed by atoms with E-state index < -0.39 is 5.41 Å². The lowest BCUT2D eigenvalue weighted by molar-refractivity contribution is -0.169. The zero-order valence-electron chi connectivity index (χ0n) is 21.6. The third-order valence-electron chi connectivity index (χ3n) is 8.30. The van der Waals surface area contributed by atoms with Gasteiger partial charge in [0.15, 0.2) is 0 Å². The number of nitrogens with one attached hydrogen (secondary N) is 1. The van der Waals surface area contributed by atoms with Gasteiger partial charge in [0.25, 0.3) is 0 Å². The van der Waals surface area contributed by atoms with E-state index in [0.29, 0.717) is 11.8 Å². The van der Waals surface area contributed by atoms with Crippen LogP contribution in [0.4, 0.5) is 0 Å². The minimum Gasteiger partial charge on any atom is -0.461 e. The summed E-state index contributed by atoms with van der Waals surface area (Å²) in [7, 11) is 0. The first-order valence-corrected chi connectivity index (χ1v) is 14.7. The molecule has 4 nitrogen and oxygen atoms in total. The number of thiazole rings is 1.